The second-order valence-corrected chi connectivity index (χ2v) is 6.20. The summed E-state index contributed by atoms with van der Waals surface area (Å²) in [6.45, 7) is 4.36. The predicted octanol–water partition coefficient (Wildman–Crippen LogP) is 1.47. The van der Waals surface area contributed by atoms with E-state index in [1.807, 2.05) is 25.8 Å². The minimum absolute atomic E-state index is 0.320. The van der Waals surface area contributed by atoms with Crippen LogP contribution in [0.2, 0.25) is 0 Å². The molecule has 0 atom stereocenters. The van der Waals surface area contributed by atoms with Crippen molar-refractivity contribution in [1.82, 2.24) is 10.2 Å². The fourth-order valence-electron chi connectivity index (χ4n) is 2.87. The van der Waals surface area contributed by atoms with Gasteiger partial charge in [-0.1, -0.05) is 25.1 Å². The second kappa shape index (κ2) is 5.61. The van der Waals surface area contributed by atoms with Gasteiger partial charge in [-0.05, 0) is 32.3 Å². The predicted molar refractivity (Wildman–Crippen MR) is 84.1 cm³/mol. The molecule has 1 aliphatic rings. The molecule has 20 heavy (non-hydrogen) atoms. The normalized spacial score (nSPS) is 17.2. The molecule has 0 saturated heterocycles. The molecule has 3 N–H and O–H groups in total. The molecule has 1 aromatic heterocycles. The molecule has 0 unspecified atom stereocenters. The van der Waals surface area contributed by atoms with Crippen molar-refractivity contribution in [1.29, 1.82) is 0 Å². The van der Waals surface area contributed by atoms with Gasteiger partial charge in [-0.15, -0.1) is 5.10 Å². The summed E-state index contributed by atoms with van der Waals surface area (Å²) in [6.07, 6.45) is 3.81. The molecule has 5 nitrogen and oxygen atoms in total. The van der Waals surface area contributed by atoms with Crippen LogP contribution in [0.25, 0.3) is 0 Å². The number of thiocarbonyl (C=S) groups is 1. The van der Waals surface area contributed by atoms with E-state index in [1.54, 1.807) is 0 Å². The van der Waals surface area contributed by atoms with Crippen LogP contribution in [0, 0.1) is 13.8 Å². The van der Waals surface area contributed by atoms with Crippen LogP contribution in [0.1, 0.15) is 42.5 Å². The molecule has 1 heterocycles. The third-order valence-corrected chi connectivity index (χ3v) is 4.31. The number of rotatable bonds is 4. The van der Waals surface area contributed by atoms with Gasteiger partial charge >= 0.3 is 0 Å². The number of likely N-dealkylation sites (N-methyl/N-ethyl adjacent to an activating group) is 1. The number of anilines is 1. The highest BCUT2D eigenvalue weighted by molar-refractivity contribution is 7.80. The molecule has 1 saturated carbocycles. The van der Waals surface area contributed by atoms with E-state index in [-0.39, 0.29) is 0 Å². The van der Waals surface area contributed by atoms with Gasteiger partial charge in [0.1, 0.15) is 4.99 Å². The molecule has 1 aromatic rings. The second-order valence-electron chi connectivity index (χ2n) is 5.76. The van der Waals surface area contributed by atoms with Crippen molar-refractivity contribution < 1.29 is 5.11 Å². The quantitative estimate of drug-likeness (QED) is 0.819. The van der Waals surface area contributed by atoms with Crippen LogP contribution in [0.5, 0.6) is 0 Å². The highest BCUT2D eigenvalue weighted by Crippen LogP contribution is 2.31. The third kappa shape index (κ3) is 2.91. The molecule has 1 aliphatic carbocycles. The van der Waals surface area contributed by atoms with Crippen molar-refractivity contribution in [3.63, 3.8) is 0 Å². The van der Waals surface area contributed by atoms with E-state index < -0.39 is 5.60 Å². The summed E-state index contributed by atoms with van der Waals surface area (Å²) >= 11 is 5.15. The summed E-state index contributed by atoms with van der Waals surface area (Å²) in [6, 6.07) is 0. The first-order valence-corrected chi connectivity index (χ1v) is 7.32. The third-order valence-electron chi connectivity index (χ3n) is 4.11. The molecule has 0 radical (unpaired) electrons. The largest absolute Gasteiger partial charge is 0.389 e. The topological polar surface area (TPSA) is 75.3 Å². The summed E-state index contributed by atoms with van der Waals surface area (Å²) in [5, 5.41) is 18.9. The van der Waals surface area contributed by atoms with E-state index in [9.17, 15) is 5.11 Å². The van der Waals surface area contributed by atoms with Crippen LogP contribution in [0.3, 0.4) is 0 Å². The number of hydrogen-bond donors (Lipinski definition) is 2. The maximum Gasteiger partial charge on any atom is 0.161 e. The van der Waals surface area contributed by atoms with Gasteiger partial charge in [-0.3, -0.25) is 0 Å². The number of aryl methyl sites for hydroxylation is 1. The molecule has 0 amide bonds. The maximum absolute atomic E-state index is 10.5. The van der Waals surface area contributed by atoms with Crippen LogP contribution in [0.4, 0.5) is 5.82 Å². The van der Waals surface area contributed by atoms with Crippen LogP contribution in [-0.4, -0.2) is 39.5 Å². The van der Waals surface area contributed by atoms with E-state index in [0.717, 1.165) is 42.5 Å². The van der Waals surface area contributed by atoms with Gasteiger partial charge in [0.2, 0.25) is 0 Å². The lowest BCUT2D eigenvalue weighted by Crippen LogP contribution is -2.40. The Balaban J connectivity index is 2.32. The highest BCUT2D eigenvalue weighted by atomic mass is 32.1. The van der Waals surface area contributed by atoms with Crippen molar-refractivity contribution >= 4 is 23.0 Å². The van der Waals surface area contributed by atoms with Crippen LogP contribution in [0.15, 0.2) is 0 Å². The van der Waals surface area contributed by atoms with E-state index in [2.05, 4.69) is 10.2 Å². The number of aromatic nitrogens is 2. The van der Waals surface area contributed by atoms with Crippen LogP contribution >= 0.6 is 12.2 Å². The minimum Gasteiger partial charge on any atom is -0.389 e. The standard InChI is InChI=1S/C14H22N4OS/c1-9-10(2)16-17-13(11(9)12(15)20)18(3)8-14(19)6-4-5-7-14/h19H,4-8H2,1-3H3,(H2,15,20). The molecule has 0 spiro atoms. The van der Waals surface area contributed by atoms with Gasteiger partial charge in [0, 0.05) is 13.6 Å². The van der Waals surface area contributed by atoms with Crippen LogP contribution < -0.4 is 10.6 Å². The van der Waals surface area contributed by atoms with Crippen molar-refractivity contribution in [2.45, 2.75) is 45.1 Å². The average molecular weight is 294 g/mol. The summed E-state index contributed by atoms with van der Waals surface area (Å²) in [7, 11) is 1.90. The molecule has 0 aliphatic heterocycles. The van der Waals surface area contributed by atoms with E-state index >= 15 is 0 Å². The Bertz CT molecular complexity index is 526. The van der Waals surface area contributed by atoms with Gasteiger partial charge in [-0.2, -0.15) is 5.10 Å². The zero-order valence-corrected chi connectivity index (χ0v) is 13.1. The average Bonchev–Trinajstić information content (AvgIpc) is 2.78. The summed E-state index contributed by atoms with van der Waals surface area (Å²) in [5.41, 5.74) is 7.74. The van der Waals surface area contributed by atoms with E-state index in [0.29, 0.717) is 17.4 Å². The number of aliphatic hydroxyl groups is 1. The fourth-order valence-corrected chi connectivity index (χ4v) is 3.11. The lowest BCUT2D eigenvalue weighted by Gasteiger charge is -2.30. The molecular formula is C14H22N4OS. The van der Waals surface area contributed by atoms with E-state index in [1.165, 1.54) is 0 Å². The molecule has 2 rings (SSSR count). The van der Waals surface area contributed by atoms with Crippen molar-refractivity contribution in [2.75, 3.05) is 18.5 Å². The highest BCUT2D eigenvalue weighted by Gasteiger charge is 2.33. The Kier molecular flexibility index (Phi) is 4.25. The monoisotopic (exact) mass is 294 g/mol. The van der Waals surface area contributed by atoms with Crippen LogP contribution in [-0.2, 0) is 0 Å². The Labute approximate surface area is 125 Å². The molecule has 6 heteroatoms. The molecule has 110 valence electrons. The molecular weight excluding hydrogens is 272 g/mol. The van der Waals surface area contributed by atoms with E-state index in [4.69, 9.17) is 18.0 Å². The summed E-state index contributed by atoms with van der Waals surface area (Å²) < 4.78 is 0. The van der Waals surface area contributed by atoms with Gasteiger partial charge in [0.25, 0.3) is 0 Å². The Hall–Kier alpha value is -1.27. The Morgan fingerprint density at radius 2 is 1.95 bits per heavy atom. The molecule has 1 fully saturated rings. The molecule has 0 aromatic carbocycles. The summed E-state index contributed by atoms with van der Waals surface area (Å²) in [4.78, 5) is 2.24. The van der Waals surface area contributed by atoms with Crippen molar-refractivity contribution in [3.05, 3.63) is 16.8 Å². The van der Waals surface area contributed by atoms with Gasteiger partial charge in [0.05, 0.1) is 16.9 Å². The first kappa shape index (κ1) is 15.1. The first-order chi connectivity index (χ1) is 9.34. The van der Waals surface area contributed by atoms with Gasteiger partial charge in [-0.25, -0.2) is 0 Å². The fraction of sp³-hybridized carbons (Fsp3) is 0.643. The first-order valence-electron chi connectivity index (χ1n) is 6.91. The number of nitrogens with two attached hydrogens (primary N) is 1. The Morgan fingerprint density at radius 3 is 2.50 bits per heavy atom. The molecule has 0 bridgehead atoms. The Morgan fingerprint density at radius 1 is 1.35 bits per heavy atom. The number of hydrogen-bond acceptors (Lipinski definition) is 5. The van der Waals surface area contributed by atoms with Crippen molar-refractivity contribution in [3.8, 4) is 0 Å². The maximum atomic E-state index is 10.5. The zero-order valence-electron chi connectivity index (χ0n) is 12.3. The number of nitrogens with zero attached hydrogens (tertiary/aromatic N) is 3. The minimum atomic E-state index is -0.636. The van der Waals surface area contributed by atoms with Crippen molar-refractivity contribution in [2.24, 2.45) is 5.73 Å². The summed E-state index contributed by atoms with van der Waals surface area (Å²) in [5.74, 6) is 0.654. The van der Waals surface area contributed by atoms with Gasteiger partial charge < -0.3 is 15.7 Å². The zero-order chi connectivity index (χ0) is 14.9. The SMILES string of the molecule is Cc1nnc(N(C)CC2(O)CCCC2)c(C(N)=S)c1C. The lowest BCUT2D eigenvalue weighted by molar-refractivity contribution is 0.0557. The smallest absolute Gasteiger partial charge is 0.161 e. The van der Waals surface area contributed by atoms with Gasteiger partial charge in [0.15, 0.2) is 5.82 Å². The lowest BCUT2D eigenvalue weighted by atomic mass is 10.0.